The van der Waals surface area contributed by atoms with Crippen LogP contribution < -0.4 is 16.6 Å². The second kappa shape index (κ2) is 5.97. The number of rotatable bonds is 4. The molecular weight excluding hydrogens is 262 g/mol. The molecule has 1 heterocycles. The molecule has 0 aliphatic heterocycles. The quantitative estimate of drug-likeness (QED) is 0.789. The minimum absolute atomic E-state index is 0.00574. The summed E-state index contributed by atoms with van der Waals surface area (Å²) in [7, 11) is 0. The van der Waals surface area contributed by atoms with Crippen molar-refractivity contribution in [2.24, 2.45) is 5.73 Å². The van der Waals surface area contributed by atoms with Gasteiger partial charge < -0.3 is 15.6 Å². The summed E-state index contributed by atoms with van der Waals surface area (Å²) >= 11 is 4.80. The highest BCUT2D eigenvalue weighted by Gasteiger charge is 2.17. The summed E-state index contributed by atoms with van der Waals surface area (Å²) in [5.74, 6) is -0.144. The number of hydrogen-bond acceptors (Lipinski definition) is 3. The molecule has 1 saturated carbocycles. The standard InChI is InChI=1S/C13H17N3O2S/c14-12(19)10-6-3-7-16(13(10)18)8-11(17)15-9-4-1-2-5-9/h3,6-7,9H,1-2,4-5,8H2,(H2,14,19)(H,15,17). The molecular formula is C13H17N3O2S. The molecule has 5 nitrogen and oxygen atoms in total. The number of amides is 1. The Bertz CT molecular complexity index is 547. The molecule has 1 amide bonds. The minimum atomic E-state index is -0.323. The lowest BCUT2D eigenvalue weighted by atomic mass is 10.2. The van der Waals surface area contributed by atoms with Crippen molar-refractivity contribution in [2.45, 2.75) is 38.3 Å². The van der Waals surface area contributed by atoms with Crippen molar-refractivity contribution in [1.29, 1.82) is 0 Å². The molecule has 0 bridgehead atoms. The van der Waals surface area contributed by atoms with E-state index in [-0.39, 0.29) is 34.6 Å². The molecule has 6 heteroatoms. The summed E-state index contributed by atoms with van der Waals surface area (Å²) in [5.41, 5.74) is 5.41. The van der Waals surface area contributed by atoms with Crippen molar-refractivity contribution in [3.63, 3.8) is 0 Å². The van der Waals surface area contributed by atoms with Crippen molar-refractivity contribution in [3.05, 3.63) is 34.2 Å². The summed E-state index contributed by atoms with van der Waals surface area (Å²) in [4.78, 5) is 23.9. The third kappa shape index (κ3) is 3.41. The molecule has 0 aromatic carbocycles. The Morgan fingerprint density at radius 2 is 2.16 bits per heavy atom. The van der Waals surface area contributed by atoms with Crippen LogP contribution in [-0.4, -0.2) is 21.5 Å². The average Bonchev–Trinajstić information content (AvgIpc) is 2.84. The fraction of sp³-hybridized carbons (Fsp3) is 0.462. The van der Waals surface area contributed by atoms with Gasteiger partial charge >= 0.3 is 0 Å². The molecule has 1 aromatic heterocycles. The normalized spacial score (nSPS) is 15.4. The van der Waals surface area contributed by atoms with E-state index < -0.39 is 0 Å². The first-order valence-corrected chi connectivity index (χ1v) is 6.77. The lowest BCUT2D eigenvalue weighted by Crippen LogP contribution is -2.38. The van der Waals surface area contributed by atoms with E-state index in [4.69, 9.17) is 18.0 Å². The number of carbonyl (C=O) groups is 1. The Balaban J connectivity index is 2.06. The molecule has 0 atom stereocenters. The van der Waals surface area contributed by atoms with E-state index in [1.807, 2.05) is 0 Å². The van der Waals surface area contributed by atoms with Gasteiger partial charge in [-0.25, -0.2) is 0 Å². The smallest absolute Gasteiger partial charge is 0.261 e. The van der Waals surface area contributed by atoms with Gasteiger partial charge in [0.25, 0.3) is 5.56 Å². The highest BCUT2D eigenvalue weighted by molar-refractivity contribution is 7.80. The zero-order valence-electron chi connectivity index (χ0n) is 10.6. The lowest BCUT2D eigenvalue weighted by molar-refractivity contribution is -0.122. The van der Waals surface area contributed by atoms with Crippen LogP contribution in [0.4, 0.5) is 0 Å². The number of pyridine rings is 1. The molecule has 0 radical (unpaired) electrons. The summed E-state index contributed by atoms with van der Waals surface area (Å²) in [5, 5.41) is 2.94. The van der Waals surface area contributed by atoms with Gasteiger partial charge in [-0.05, 0) is 25.0 Å². The van der Waals surface area contributed by atoms with E-state index in [0.717, 1.165) is 25.7 Å². The van der Waals surface area contributed by atoms with Crippen molar-refractivity contribution in [3.8, 4) is 0 Å². The largest absolute Gasteiger partial charge is 0.389 e. The first-order chi connectivity index (χ1) is 9.08. The molecule has 0 saturated heterocycles. The van der Waals surface area contributed by atoms with Gasteiger partial charge in [0.15, 0.2) is 0 Å². The third-order valence-electron chi connectivity index (χ3n) is 3.32. The van der Waals surface area contributed by atoms with Crippen molar-refractivity contribution < 1.29 is 4.79 Å². The fourth-order valence-corrected chi connectivity index (χ4v) is 2.50. The van der Waals surface area contributed by atoms with E-state index in [9.17, 15) is 9.59 Å². The van der Waals surface area contributed by atoms with E-state index in [1.165, 1.54) is 4.57 Å². The summed E-state index contributed by atoms with van der Waals surface area (Å²) in [6.45, 7) is 0.00574. The van der Waals surface area contributed by atoms with Crippen molar-refractivity contribution in [2.75, 3.05) is 0 Å². The van der Waals surface area contributed by atoms with Crippen LogP contribution in [0.15, 0.2) is 23.1 Å². The molecule has 1 aliphatic rings. The van der Waals surface area contributed by atoms with Crippen molar-refractivity contribution in [1.82, 2.24) is 9.88 Å². The van der Waals surface area contributed by atoms with Crippen LogP contribution in [-0.2, 0) is 11.3 Å². The first-order valence-electron chi connectivity index (χ1n) is 6.36. The Morgan fingerprint density at radius 3 is 2.79 bits per heavy atom. The highest BCUT2D eigenvalue weighted by atomic mass is 32.1. The number of thiocarbonyl (C=S) groups is 1. The average molecular weight is 279 g/mol. The maximum Gasteiger partial charge on any atom is 0.261 e. The van der Waals surface area contributed by atoms with E-state index in [2.05, 4.69) is 5.32 Å². The third-order valence-corrected chi connectivity index (χ3v) is 3.54. The van der Waals surface area contributed by atoms with Gasteiger partial charge in [-0.3, -0.25) is 9.59 Å². The lowest BCUT2D eigenvalue weighted by Gasteiger charge is -2.13. The zero-order valence-corrected chi connectivity index (χ0v) is 11.4. The highest BCUT2D eigenvalue weighted by Crippen LogP contribution is 2.17. The van der Waals surface area contributed by atoms with Gasteiger partial charge in [0.05, 0.1) is 5.56 Å². The molecule has 19 heavy (non-hydrogen) atoms. The fourth-order valence-electron chi connectivity index (χ4n) is 2.35. The van der Waals surface area contributed by atoms with Crippen molar-refractivity contribution >= 4 is 23.1 Å². The molecule has 2 rings (SSSR count). The van der Waals surface area contributed by atoms with Crippen LogP contribution in [0.2, 0.25) is 0 Å². The summed E-state index contributed by atoms with van der Waals surface area (Å²) in [6.07, 6.45) is 5.92. The number of aromatic nitrogens is 1. The molecule has 0 unspecified atom stereocenters. The van der Waals surface area contributed by atoms with Gasteiger partial charge in [-0.15, -0.1) is 0 Å². The maximum absolute atomic E-state index is 12.0. The number of hydrogen-bond donors (Lipinski definition) is 2. The number of carbonyl (C=O) groups excluding carboxylic acids is 1. The molecule has 1 aromatic rings. The second-order valence-electron chi connectivity index (χ2n) is 4.77. The van der Waals surface area contributed by atoms with E-state index in [0.29, 0.717) is 0 Å². The Morgan fingerprint density at radius 1 is 1.47 bits per heavy atom. The molecule has 3 N–H and O–H groups in total. The predicted molar refractivity (Wildman–Crippen MR) is 77.0 cm³/mol. The zero-order chi connectivity index (χ0) is 13.8. The SMILES string of the molecule is NC(=S)c1cccn(CC(=O)NC2CCCC2)c1=O. The number of nitrogens with zero attached hydrogens (tertiary/aromatic N) is 1. The van der Waals surface area contributed by atoms with Crippen LogP contribution in [0.25, 0.3) is 0 Å². The topological polar surface area (TPSA) is 77.1 Å². The first kappa shape index (κ1) is 13.7. The van der Waals surface area contributed by atoms with Crippen LogP contribution in [0, 0.1) is 0 Å². The molecule has 102 valence electrons. The van der Waals surface area contributed by atoms with Gasteiger partial charge in [-0.2, -0.15) is 0 Å². The molecule has 1 aliphatic carbocycles. The minimum Gasteiger partial charge on any atom is -0.389 e. The van der Waals surface area contributed by atoms with Gasteiger partial charge in [0.1, 0.15) is 11.5 Å². The van der Waals surface area contributed by atoms with Crippen LogP contribution in [0.3, 0.4) is 0 Å². The second-order valence-corrected chi connectivity index (χ2v) is 5.21. The Labute approximate surface area is 116 Å². The van der Waals surface area contributed by atoms with E-state index >= 15 is 0 Å². The van der Waals surface area contributed by atoms with Crippen LogP contribution >= 0.6 is 12.2 Å². The Hall–Kier alpha value is -1.69. The van der Waals surface area contributed by atoms with Gasteiger partial charge in [0, 0.05) is 12.2 Å². The summed E-state index contributed by atoms with van der Waals surface area (Å²) in [6, 6.07) is 3.48. The molecule has 0 spiro atoms. The molecule has 1 fully saturated rings. The van der Waals surface area contributed by atoms with Gasteiger partial charge in [-0.1, -0.05) is 25.1 Å². The number of nitrogens with two attached hydrogens (primary N) is 1. The van der Waals surface area contributed by atoms with E-state index in [1.54, 1.807) is 18.3 Å². The predicted octanol–water partition coefficient (Wildman–Crippen LogP) is 0.541. The number of nitrogens with one attached hydrogen (secondary N) is 1. The summed E-state index contributed by atoms with van der Waals surface area (Å²) < 4.78 is 1.33. The van der Waals surface area contributed by atoms with Crippen LogP contribution in [0.1, 0.15) is 31.2 Å². The maximum atomic E-state index is 12.0. The van der Waals surface area contributed by atoms with Crippen LogP contribution in [0.5, 0.6) is 0 Å². The van der Waals surface area contributed by atoms with Gasteiger partial charge in [0.2, 0.25) is 5.91 Å². The monoisotopic (exact) mass is 279 g/mol. The Kier molecular flexibility index (Phi) is 4.31.